The van der Waals surface area contributed by atoms with Crippen molar-refractivity contribution in [2.24, 2.45) is 0 Å². The average Bonchev–Trinajstić information content (AvgIpc) is 2.78. The van der Waals surface area contributed by atoms with Crippen LogP contribution in [0.25, 0.3) is 10.9 Å². The van der Waals surface area contributed by atoms with Crippen LogP contribution in [-0.2, 0) is 0 Å². The zero-order valence-corrected chi connectivity index (χ0v) is 15.7. The summed E-state index contributed by atoms with van der Waals surface area (Å²) in [5.41, 5.74) is 0.727. The number of non-ortho nitro benzene ring substituents is 1. The molecule has 1 aliphatic rings. The second-order valence-corrected chi connectivity index (χ2v) is 6.81. The van der Waals surface area contributed by atoms with Crippen molar-refractivity contribution in [3.8, 4) is 0 Å². The maximum atomic E-state index is 13.2. The summed E-state index contributed by atoms with van der Waals surface area (Å²) >= 11 is 0. The zero-order chi connectivity index (χ0) is 21.3. The molecule has 3 aromatic rings. The smallest absolute Gasteiger partial charge is 0.297 e. The summed E-state index contributed by atoms with van der Waals surface area (Å²) in [5, 5.41) is 11.4. The molecule has 8 nitrogen and oxygen atoms in total. The van der Waals surface area contributed by atoms with Gasteiger partial charge in [0.05, 0.1) is 10.4 Å². The molecule has 4 rings (SSSR count). The Kier molecular flexibility index (Phi) is 5.21. The number of para-hydroxylation sites is 1. The van der Waals surface area contributed by atoms with Crippen LogP contribution in [0.5, 0.6) is 0 Å². The van der Waals surface area contributed by atoms with Crippen molar-refractivity contribution < 1.29 is 18.5 Å². The Hall–Kier alpha value is -3.69. The third-order valence-corrected chi connectivity index (χ3v) is 4.99. The largest absolute Gasteiger partial charge is 0.352 e. The van der Waals surface area contributed by atoms with Gasteiger partial charge in [-0.15, -0.1) is 0 Å². The predicted molar refractivity (Wildman–Crippen MR) is 106 cm³/mol. The fraction of sp³-hybridized carbons (Fsp3) is 0.250. The van der Waals surface area contributed by atoms with Gasteiger partial charge in [-0.05, 0) is 24.3 Å². The third-order valence-electron chi connectivity index (χ3n) is 4.99. The summed E-state index contributed by atoms with van der Waals surface area (Å²) in [6.07, 6.45) is -2.78. The van der Waals surface area contributed by atoms with E-state index in [0.717, 1.165) is 0 Å². The number of amides is 1. The summed E-state index contributed by atoms with van der Waals surface area (Å²) in [6, 6.07) is 12.4. The van der Waals surface area contributed by atoms with E-state index < -0.39 is 17.2 Å². The van der Waals surface area contributed by atoms with Crippen LogP contribution in [0.2, 0.25) is 0 Å². The molecule has 1 fully saturated rings. The van der Waals surface area contributed by atoms with Crippen LogP contribution in [-0.4, -0.2) is 51.9 Å². The molecule has 0 N–H and O–H groups in total. The number of nitro groups is 1. The van der Waals surface area contributed by atoms with Crippen molar-refractivity contribution in [1.82, 2.24) is 14.9 Å². The Morgan fingerprint density at radius 1 is 1.00 bits per heavy atom. The van der Waals surface area contributed by atoms with Gasteiger partial charge in [0.15, 0.2) is 5.82 Å². The van der Waals surface area contributed by atoms with E-state index in [1.807, 2.05) is 4.90 Å². The SMILES string of the molecule is O=C(c1ccc([N+](=O)[O-])cc1)N1CCN(c2nc(C(F)F)nc3ccccc23)CC1. The second-order valence-electron chi connectivity index (χ2n) is 6.81. The number of halogens is 2. The van der Waals surface area contributed by atoms with E-state index in [-0.39, 0.29) is 11.6 Å². The van der Waals surface area contributed by atoms with E-state index in [4.69, 9.17) is 0 Å². The lowest BCUT2D eigenvalue weighted by molar-refractivity contribution is -0.384. The molecule has 2 heterocycles. The molecule has 2 aromatic carbocycles. The lowest BCUT2D eigenvalue weighted by Gasteiger charge is -2.36. The van der Waals surface area contributed by atoms with E-state index in [9.17, 15) is 23.7 Å². The second kappa shape index (κ2) is 7.97. The molecule has 154 valence electrons. The molecular formula is C20H17F2N5O3. The van der Waals surface area contributed by atoms with Crippen molar-refractivity contribution in [2.75, 3.05) is 31.1 Å². The highest BCUT2D eigenvalue weighted by molar-refractivity contribution is 5.95. The lowest BCUT2D eigenvalue weighted by atomic mass is 10.1. The summed E-state index contributed by atoms with van der Waals surface area (Å²) in [4.78, 5) is 34.4. The fourth-order valence-electron chi connectivity index (χ4n) is 3.45. The Labute approximate surface area is 169 Å². The average molecular weight is 413 g/mol. The first kappa shape index (κ1) is 19.6. The first-order valence-corrected chi connectivity index (χ1v) is 9.27. The maximum absolute atomic E-state index is 13.2. The van der Waals surface area contributed by atoms with E-state index in [1.54, 1.807) is 29.2 Å². The highest BCUT2D eigenvalue weighted by atomic mass is 19.3. The number of hydrogen-bond acceptors (Lipinski definition) is 6. The Morgan fingerprint density at radius 3 is 2.30 bits per heavy atom. The van der Waals surface area contributed by atoms with Gasteiger partial charge in [-0.25, -0.2) is 18.7 Å². The lowest BCUT2D eigenvalue weighted by Crippen LogP contribution is -2.49. The molecule has 1 aliphatic heterocycles. The van der Waals surface area contributed by atoms with Crippen LogP contribution < -0.4 is 4.90 Å². The number of alkyl halides is 2. The molecule has 1 saturated heterocycles. The van der Waals surface area contributed by atoms with Gasteiger partial charge >= 0.3 is 0 Å². The first-order valence-electron chi connectivity index (χ1n) is 9.27. The number of carbonyl (C=O) groups is 1. The minimum atomic E-state index is -2.78. The molecular weight excluding hydrogens is 396 g/mol. The van der Waals surface area contributed by atoms with E-state index in [2.05, 4.69) is 9.97 Å². The van der Waals surface area contributed by atoms with E-state index in [0.29, 0.717) is 48.5 Å². The molecule has 0 unspecified atom stereocenters. The third kappa shape index (κ3) is 3.76. The molecule has 30 heavy (non-hydrogen) atoms. The van der Waals surface area contributed by atoms with Crippen molar-refractivity contribution in [3.05, 3.63) is 70.0 Å². The molecule has 1 aromatic heterocycles. The molecule has 0 spiro atoms. The summed E-state index contributed by atoms with van der Waals surface area (Å²) in [7, 11) is 0. The van der Waals surface area contributed by atoms with Gasteiger partial charge in [0.25, 0.3) is 18.0 Å². The Morgan fingerprint density at radius 2 is 1.67 bits per heavy atom. The molecule has 1 amide bonds. The predicted octanol–water partition coefficient (Wildman–Crippen LogP) is 3.44. The minimum Gasteiger partial charge on any atom is -0.352 e. The van der Waals surface area contributed by atoms with Crippen LogP contribution in [0.4, 0.5) is 20.3 Å². The number of piperazine rings is 1. The van der Waals surface area contributed by atoms with Crippen molar-refractivity contribution in [1.29, 1.82) is 0 Å². The number of carbonyl (C=O) groups excluding carboxylic acids is 1. The van der Waals surface area contributed by atoms with Crippen molar-refractivity contribution in [2.45, 2.75) is 6.43 Å². The number of nitro benzene ring substituents is 1. The van der Waals surface area contributed by atoms with E-state index in [1.165, 1.54) is 24.3 Å². The minimum absolute atomic E-state index is 0.0816. The molecule has 0 saturated carbocycles. The van der Waals surface area contributed by atoms with Gasteiger partial charge in [-0.1, -0.05) is 12.1 Å². The summed E-state index contributed by atoms with van der Waals surface area (Å²) in [5.74, 6) is -0.322. The zero-order valence-electron chi connectivity index (χ0n) is 15.7. The van der Waals surface area contributed by atoms with Gasteiger partial charge < -0.3 is 9.80 Å². The quantitative estimate of drug-likeness (QED) is 0.481. The van der Waals surface area contributed by atoms with Crippen LogP contribution in [0, 0.1) is 10.1 Å². The summed E-state index contributed by atoms with van der Waals surface area (Å²) < 4.78 is 26.5. The Balaban J connectivity index is 1.52. The van der Waals surface area contributed by atoms with Gasteiger partial charge in [-0.2, -0.15) is 0 Å². The number of anilines is 1. The molecule has 0 bridgehead atoms. The molecule has 0 atom stereocenters. The van der Waals surface area contributed by atoms with E-state index >= 15 is 0 Å². The van der Waals surface area contributed by atoms with Crippen molar-refractivity contribution >= 4 is 28.3 Å². The van der Waals surface area contributed by atoms with Gasteiger partial charge in [0.2, 0.25) is 0 Å². The highest BCUT2D eigenvalue weighted by Crippen LogP contribution is 2.28. The highest BCUT2D eigenvalue weighted by Gasteiger charge is 2.25. The van der Waals surface area contributed by atoms with Gasteiger partial charge in [-0.3, -0.25) is 14.9 Å². The van der Waals surface area contributed by atoms with Gasteiger partial charge in [0, 0.05) is 49.3 Å². The number of hydrogen-bond donors (Lipinski definition) is 0. The Bertz CT molecular complexity index is 1100. The molecule has 0 radical (unpaired) electrons. The van der Waals surface area contributed by atoms with Crippen molar-refractivity contribution in [3.63, 3.8) is 0 Å². The monoisotopic (exact) mass is 413 g/mol. The summed E-state index contributed by atoms with van der Waals surface area (Å²) in [6.45, 7) is 1.58. The van der Waals surface area contributed by atoms with Crippen LogP contribution in [0.1, 0.15) is 22.6 Å². The van der Waals surface area contributed by atoms with Crippen LogP contribution >= 0.6 is 0 Å². The van der Waals surface area contributed by atoms with Gasteiger partial charge in [0.1, 0.15) is 5.82 Å². The normalized spacial score (nSPS) is 14.4. The van der Waals surface area contributed by atoms with Crippen LogP contribution in [0.3, 0.4) is 0 Å². The number of aromatic nitrogens is 2. The molecule has 10 heteroatoms. The van der Waals surface area contributed by atoms with Crippen LogP contribution in [0.15, 0.2) is 48.5 Å². The maximum Gasteiger partial charge on any atom is 0.297 e. The number of benzene rings is 2. The fourth-order valence-corrected chi connectivity index (χ4v) is 3.45. The number of nitrogens with zero attached hydrogens (tertiary/aromatic N) is 5. The topological polar surface area (TPSA) is 92.5 Å². The number of fused-ring (bicyclic) bond motifs is 1. The molecule has 0 aliphatic carbocycles. The standard InChI is InChI=1S/C20H17F2N5O3/c21-17(22)18-23-16-4-2-1-3-15(16)19(24-18)25-9-11-26(12-10-25)20(28)13-5-7-14(8-6-13)27(29)30/h1-8,17H,9-12H2. The number of rotatable bonds is 4. The first-order chi connectivity index (χ1) is 14.4.